The maximum Gasteiger partial charge on any atom is 0.254 e. The average molecular weight is 306 g/mol. The Kier molecular flexibility index (Phi) is 4.71. The average Bonchev–Trinajstić information content (AvgIpc) is 2.46. The van der Waals surface area contributed by atoms with Gasteiger partial charge in [-0.25, -0.2) is 0 Å². The molecule has 1 aliphatic rings. The second-order valence-corrected chi connectivity index (χ2v) is 5.86. The Labute approximate surface area is 130 Å². The number of ether oxygens (including phenoxy) is 2. The molecule has 120 valence electrons. The van der Waals surface area contributed by atoms with Crippen LogP contribution in [0.3, 0.4) is 0 Å². The zero-order chi connectivity index (χ0) is 16.3. The molecule has 22 heavy (non-hydrogen) atoms. The van der Waals surface area contributed by atoms with Gasteiger partial charge in [0.1, 0.15) is 5.75 Å². The highest BCUT2D eigenvalue weighted by Gasteiger charge is 2.39. The number of hydrogen-bond donors (Lipinski definition) is 1. The minimum Gasteiger partial charge on any atom is -0.491 e. The molecular weight excluding hydrogens is 284 g/mol. The Balaban J connectivity index is 2.09. The number of carbonyl (C=O) groups is 2. The number of hydrogen-bond acceptors (Lipinski definition) is 4. The lowest BCUT2D eigenvalue weighted by molar-refractivity contribution is -0.150. The Hall–Kier alpha value is -2.08. The van der Waals surface area contributed by atoms with Crippen LogP contribution in [0, 0.1) is 0 Å². The lowest BCUT2D eigenvalue weighted by Crippen LogP contribution is -2.58. The molecule has 0 saturated carbocycles. The van der Waals surface area contributed by atoms with Crippen molar-refractivity contribution in [3.8, 4) is 5.75 Å². The summed E-state index contributed by atoms with van der Waals surface area (Å²) in [5.74, 6) is 0.00746. The van der Waals surface area contributed by atoms with Crippen molar-refractivity contribution in [3.05, 3.63) is 29.8 Å². The van der Waals surface area contributed by atoms with E-state index in [1.54, 1.807) is 36.1 Å². The third-order valence-corrected chi connectivity index (χ3v) is 3.56. The molecule has 1 saturated heterocycles. The van der Waals surface area contributed by atoms with Crippen molar-refractivity contribution in [1.82, 2.24) is 4.90 Å². The minimum atomic E-state index is -1.13. The number of rotatable bonds is 4. The molecule has 1 aromatic rings. The molecule has 2 amide bonds. The fourth-order valence-corrected chi connectivity index (χ4v) is 2.32. The summed E-state index contributed by atoms with van der Waals surface area (Å²) in [5, 5.41) is 0. The monoisotopic (exact) mass is 306 g/mol. The van der Waals surface area contributed by atoms with E-state index < -0.39 is 11.5 Å². The van der Waals surface area contributed by atoms with Crippen LogP contribution in [-0.2, 0) is 9.53 Å². The minimum absolute atomic E-state index is 0.0806. The van der Waals surface area contributed by atoms with Gasteiger partial charge in [-0.1, -0.05) is 0 Å². The van der Waals surface area contributed by atoms with Gasteiger partial charge in [-0.2, -0.15) is 0 Å². The first-order valence-electron chi connectivity index (χ1n) is 7.32. The number of nitrogens with two attached hydrogens (primary N) is 1. The maximum atomic E-state index is 12.5. The van der Waals surface area contributed by atoms with Crippen molar-refractivity contribution in [1.29, 1.82) is 0 Å². The van der Waals surface area contributed by atoms with Crippen molar-refractivity contribution in [2.45, 2.75) is 32.5 Å². The number of carbonyl (C=O) groups excluding carboxylic acids is 2. The van der Waals surface area contributed by atoms with E-state index >= 15 is 0 Å². The first kappa shape index (κ1) is 16.3. The SMILES string of the molecule is CC(C)Oc1ccc(C(=O)N2CCOC(C)(C(N)=O)C2)cc1. The molecule has 1 aliphatic heterocycles. The second kappa shape index (κ2) is 6.36. The van der Waals surface area contributed by atoms with E-state index in [2.05, 4.69) is 0 Å². The van der Waals surface area contributed by atoms with Gasteiger partial charge >= 0.3 is 0 Å². The van der Waals surface area contributed by atoms with Crippen LogP contribution in [0.25, 0.3) is 0 Å². The standard InChI is InChI=1S/C16H22N2O4/c1-11(2)22-13-6-4-12(5-7-13)14(19)18-8-9-21-16(3,10-18)15(17)20/h4-7,11H,8-10H2,1-3H3,(H2,17,20). The van der Waals surface area contributed by atoms with E-state index in [1.807, 2.05) is 13.8 Å². The lowest BCUT2D eigenvalue weighted by atomic mass is 10.0. The second-order valence-electron chi connectivity index (χ2n) is 5.86. The number of nitrogens with zero attached hydrogens (tertiary/aromatic N) is 1. The highest BCUT2D eigenvalue weighted by molar-refractivity contribution is 5.95. The van der Waals surface area contributed by atoms with E-state index in [-0.39, 0.29) is 18.6 Å². The fraction of sp³-hybridized carbons (Fsp3) is 0.500. The van der Waals surface area contributed by atoms with E-state index in [1.165, 1.54) is 0 Å². The van der Waals surface area contributed by atoms with Crippen LogP contribution in [-0.4, -0.2) is 48.1 Å². The van der Waals surface area contributed by atoms with Crippen LogP contribution in [0.5, 0.6) is 5.75 Å². The molecule has 0 aliphatic carbocycles. The van der Waals surface area contributed by atoms with Crippen LogP contribution >= 0.6 is 0 Å². The van der Waals surface area contributed by atoms with Gasteiger partial charge in [0.25, 0.3) is 11.8 Å². The molecule has 1 heterocycles. The van der Waals surface area contributed by atoms with Gasteiger partial charge in [0.2, 0.25) is 0 Å². The van der Waals surface area contributed by atoms with Gasteiger partial charge in [0, 0.05) is 12.1 Å². The third kappa shape index (κ3) is 3.57. The van der Waals surface area contributed by atoms with Gasteiger partial charge < -0.3 is 20.1 Å². The molecule has 1 aromatic carbocycles. The quantitative estimate of drug-likeness (QED) is 0.906. The summed E-state index contributed by atoms with van der Waals surface area (Å²) in [6.45, 7) is 6.38. The van der Waals surface area contributed by atoms with Gasteiger partial charge in [0.05, 0.1) is 19.3 Å². The van der Waals surface area contributed by atoms with Crippen LogP contribution in [0.2, 0.25) is 0 Å². The molecule has 6 nitrogen and oxygen atoms in total. The van der Waals surface area contributed by atoms with Crippen molar-refractivity contribution in [3.63, 3.8) is 0 Å². The van der Waals surface area contributed by atoms with Gasteiger partial charge in [-0.3, -0.25) is 9.59 Å². The predicted octanol–water partition coefficient (Wildman–Crippen LogP) is 1.19. The van der Waals surface area contributed by atoms with Gasteiger partial charge in [-0.15, -0.1) is 0 Å². The normalized spacial score (nSPS) is 21.7. The first-order valence-corrected chi connectivity index (χ1v) is 7.32. The van der Waals surface area contributed by atoms with E-state index in [9.17, 15) is 9.59 Å². The summed E-state index contributed by atoms with van der Waals surface area (Å²) in [6, 6.07) is 6.97. The summed E-state index contributed by atoms with van der Waals surface area (Å²) in [6.07, 6.45) is 0.0806. The maximum absolute atomic E-state index is 12.5. The topological polar surface area (TPSA) is 81.9 Å². The van der Waals surface area contributed by atoms with Crippen molar-refractivity contribution in [2.24, 2.45) is 5.73 Å². The number of primary amides is 1. The highest BCUT2D eigenvalue weighted by Crippen LogP contribution is 2.20. The summed E-state index contributed by atoms with van der Waals surface area (Å²) in [4.78, 5) is 25.6. The molecule has 2 rings (SSSR count). The molecule has 1 unspecified atom stereocenters. The van der Waals surface area contributed by atoms with Gasteiger partial charge in [-0.05, 0) is 45.0 Å². The molecule has 1 fully saturated rings. The zero-order valence-corrected chi connectivity index (χ0v) is 13.2. The third-order valence-electron chi connectivity index (χ3n) is 3.56. The summed E-state index contributed by atoms with van der Waals surface area (Å²) < 4.78 is 11.0. The van der Waals surface area contributed by atoms with Crippen molar-refractivity contribution in [2.75, 3.05) is 19.7 Å². The lowest BCUT2D eigenvalue weighted by Gasteiger charge is -2.38. The number of morpholine rings is 1. The fourth-order valence-electron chi connectivity index (χ4n) is 2.32. The largest absolute Gasteiger partial charge is 0.491 e. The summed E-state index contributed by atoms with van der Waals surface area (Å²) in [5.41, 5.74) is 4.77. The molecule has 0 radical (unpaired) electrons. The molecule has 1 atom stereocenters. The Morgan fingerprint density at radius 3 is 2.50 bits per heavy atom. The molecular formula is C16H22N2O4. The molecule has 2 N–H and O–H groups in total. The van der Waals surface area contributed by atoms with Gasteiger partial charge in [0.15, 0.2) is 5.60 Å². The van der Waals surface area contributed by atoms with Crippen LogP contribution in [0.1, 0.15) is 31.1 Å². The number of amides is 2. The Bertz CT molecular complexity index is 556. The summed E-state index contributed by atoms with van der Waals surface area (Å²) in [7, 11) is 0. The highest BCUT2D eigenvalue weighted by atomic mass is 16.5. The Morgan fingerprint density at radius 1 is 1.32 bits per heavy atom. The van der Waals surface area contributed by atoms with Crippen LogP contribution in [0.15, 0.2) is 24.3 Å². The number of benzene rings is 1. The molecule has 0 bridgehead atoms. The Morgan fingerprint density at radius 2 is 1.95 bits per heavy atom. The van der Waals surface area contributed by atoms with Crippen molar-refractivity contribution < 1.29 is 19.1 Å². The summed E-state index contributed by atoms with van der Waals surface area (Å²) >= 11 is 0. The molecule has 0 aromatic heterocycles. The molecule has 6 heteroatoms. The van der Waals surface area contributed by atoms with E-state index in [0.29, 0.717) is 18.7 Å². The van der Waals surface area contributed by atoms with Crippen LogP contribution < -0.4 is 10.5 Å². The first-order chi connectivity index (χ1) is 10.3. The van der Waals surface area contributed by atoms with E-state index in [0.717, 1.165) is 5.75 Å². The predicted molar refractivity (Wildman–Crippen MR) is 81.7 cm³/mol. The van der Waals surface area contributed by atoms with Crippen molar-refractivity contribution >= 4 is 11.8 Å². The van der Waals surface area contributed by atoms with Crippen LogP contribution in [0.4, 0.5) is 0 Å². The zero-order valence-electron chi connectivity index (χ0n) is 13.2. The molecule has 0 spiro atoms. The smallest absolute Gasteiger partial charge is 0.254 e. The van der Waals surface area contributed by atoms with E-state index in [4.69, 9.17) is 15.2 Å².